The monoisotopic (exact) mass is 429 g/mol. The number of amides is 1. The number of benzene rings is 1. The van der Waals surface area contributed by atoms with E-state index in [9.17, 15) is 18.0 Å². The van der Waals surface area contributed by atoms with Crippen molar-refractivity contribution < 1.29 is 18.0 Å². The Morgan fingerprint density at radius 3 is 2.43 bits per heavy atom. The molecule has 0 bridgehead atoms. The molecule has 2 aromatic rings. The fourth-order valence-electron chi connectivity index (χ4n) is 3.32. The minimum atomic E-state index is -4.48. The molecule has 0 aliphatic carbocycles. The van der Waals surface area contributed by atoms with Crippen LogP contribution in [0.1, 0.15) is 31.0 Å². The van der Waals surface area contributed by atoms with Gasteiger partial charge in [0.15, 0.2) is 0 Å². The van der Waals surface area contributed by atoms with Crippen LogP contribution in [0.2, 0.25) is 5.02 Å². The molecule has 4 nitrogen and oxygen atoms in total. The molecule has 1 aliphatic rings. The highest BCUT2D eigenvalue weighted by molar-refractivity contribution is 7.97. The van der Waals surface area contributed by atoms with Crippen molar-refractivity contribution >= 4 is 35.3 Å². The van der Waals surface area contributed by atoms with Crippen molar-refractivity contribution in [1.29, 1.82) is 0 Å². The zero-order valence-electron chi connectivity index (χ0n) is 15.7. The van der Waals surface area contributed by atoms with Gasteiger partial charge < -0.3 is 0 Å². The van der Waals surface area contributed by atoms with Crippen molar-refractivity contribution in [2.45, 2.75) is 36.4 Å². The lowest BCUT2D eigenvalue weighted by Crippen LogP contribution is -2.33. The van der Waals surface area contributed by atoms with Crippen LogP contribution in [0.5, 0.6) is 0 Å². The molecule has 0 unspecified atom stereocenters. The van der Waals surface area contributed by atoms with Gasteiger partial charge >= 0.3 is 6.18 Å². The SMILES string of the molecule is CN1C(=O)C(C)(C)c2cc(SN(C)[C@H](c3ccc(Cl)cc3)C(F)(F)F)cnc21. The van der Waals surface area contributed by atoms with E-state index < -0.39 is 17.6 Å². The lowest BCUT2D eigenvalue weighted by molar-refractivity contribution is -0.169. The number of carbonyl (C=O) groups is 1. The van der Waals surface area contributed by atoms with Gasteiger partial charge in [-0.15, -0.1) is 0 Å². The Labute approximate surface area is 170 Å². The van der Waals surface area contributed by atoms with Crippen molar-refractivity contribution in [3.05, 3.63) is 52.7 Å². The lowest BCUT2D eigenvalue weighted by Gasteiger charge is -2.29. The summed E-state index contributed by atoms with van der Waals surface area (Å²) in [5.74, 6) is 0.437. The summed E-state index contributed by atoms with van der Waals surface area (Å²) in [7, 11) is 3.02. The molecule has 1 amide bonds. The quantitative estimate of drug-likeness (QED) is 0.623. The van der Waals surface area contributed by atoms with Crippen LogP contribution in [-0.4, -0.2) is 35.5 Å². The molecule has 9 heteroatoms. The number of carbonyl (C=O) groups excluding carboxylic acids is 1. The Morgan fingerprint density at radius 1 is 1.25 bits per heavy atom. The molecule has 3 rings (SSSR count). The lowest BCUT2D eigenvalue weighted by atomic mass is 9.87. The van der Waals surface area contributed by atoms with Crippen molar-refractivity contribution in [2.24, 2.45) is 0 Å². The average Bonchev–Trinajstić information content (AvgIpc) is 2.76. The van der Waals surface area contributed by atoms with Crippen molar-refractivity contribution in [3.8, 4) is 0 Å². The van der Waals surface area contributed by atoms with Crippen LogP contribution in [0.25, 0.3) is 0 Å². The van der Waals surface area contributed by atoms with Gasteiger partial charge in [-0.05, 0) is 56.6 Å². The first-order valence-electron chi connectivity index (χ1n) is 8.44. The minimum Gasteiger partial charge on any atom is -0.299 e. The summed E-state index contributed by atoms with van der Waals surface area (Å²) in [5.41, 5.74) is 0.0240. The predicted molar refractivity (Wildman–Crippen MR) is 105 cm³/mol. The normalized spacial score (nSPS) is 17.2. The standard InChI is InChI=1S/C19H19ClF3N3OS/c1-18(2)14-9-13(10-24-16(14)25(3)17(18)27)28-26(4)15(19(21,22)23)11-5-7-12(20)8-6-11/h5-10,15H,1-4H3/t15-/m1/s1. The number of hydrogen-bond donors (Lipinski definition) is 0. The Kier molecular flexibility index (Phi) is 5.42. The van der Waals surface area contributed by atoms with Gasteiger partial charge in [0.25, 0.3) is 0 Å². The fraction of sp³-hybridized carbons (Fsp3) is 0.368. The van der Waals surface area contributed by atoms with Crippen LogP contribution in [-0.2, 0) is 10.2 Å². The summed E-state index contributed by atoms with van der Waals surface area (Å²) < 4.78 is 42.4. The molecule has 0 radical (unpaired) electrons. The molecule has 150 valence electrons. The number of aromatic nitrogens is 1. The molecular formula is C19H19ClF3N3OS. The first-order chi connectivity index (χ1) is 12.9. The Bertz CT molecular complexity index is 902. The molecule has 1 aromatic heterocycles. The third-order valence-corrected chi connectivity index (χ3v) is 5.97. The number of alkyl halides is 3. The van der Waals surface area contributed by atoms with E-state index in [-0.39, 0.29) is 11.5 Å². The van der Waals surface area contributed by atoms with Gasteiger partial charge in [-0.25, -0.2) is 9.29 Å². The van der Waals surface area contributed by atoms with E-state index in [1.165, 1.54) is 42.4 Å². The average molecular weight is 430 g/mol. The second kappa shape index (κ2) is 7.24. The smallest absolute Gasteiger partial charge is 0.299 e. The van der Waals surface area contributed by atoms with Gasteiger partial charge in [0.1, 0.15) is 11.9 Å². The number of rotatable bonds is 4. The molecule has 0 N–H and O–H groups in total. The number of likely N-dealkylation sites (N-methyl/N-ethyl adjacent to an activating group) is 1. The zero-order chi connectivity index (χ0) is 20.9. The fourth-order valence-corrected chi connectivity index (χ4v) is 4.39. The molecule has 0 saturated heterocycles. The Balaban J connectivity index is 1.91. The number of fused-ring (bicyclic) bond motifs is 1. The summed E-state index contributed by atoms with van der Waals surface area (Å²) in [6.07, 6.45) is -2.99. The summed E-state index contributed by atoms with van der Waals surface area (Å²) in [5, 5.41) is 0.374. The molecule has 0 spiro atoms. The van der Waals surface area contributed by atoms with E-state index in [4.69, 9.17) is 11.6 Å². The predicted octanol–water partition coefficient (Wildman–Crippen LogP) is 5.23. The van der Waals surface area contributed by atoms with Gasteiger partial charge in [0, 0.05) is 28.7 Å². The number of anilines is 1. The summed E-state index contributed by atoms with van der Waals surface area (Å²) in [4.78, 5) is 18.7. The molecule has 1 aromatic carbocycles. The zero-order valence-corrected chi connectivity index (χ0v) is 17.3. The van der Waals surface area contributed by atoms with E-state index in [1.54, 1.807) is 27.0 Å². The van der Waals surface area contributed by atoms with Gasteiger partial charge in [-0.1, -0.05) is 23.7 Å². The highest BCUT2D eigenvalue weighted by Gasteiger charge is 2.45. The molecule has 0 saturated carbocycles. The number of hydrogen-bond acceptors (Lipinski definition) is 4. The van der Waals surface area contributed by atoms with Gasteiger partial charge in [-0.2, -0.15) is 13.2 Å². The van der Waals surface area contributed by atoms with Crippen molar-refractivity contribution in [2.75, 3.05) is 19.0 Å². The van der Waals surface area contributed by atoms with Crippen molar-refractivity contribution in [1.82, 2.24) is 9.29 Å². The summed E-state index contributed by atoms with van der Waals surface area (Å²) >= 11 is 6.74. The van der Waals surface area contributed by atoms with E-state index in [0.717, 1.165) is 16.3 Å². The Hall–Kier alpha value is -1.77. The van der Waals surface area contributed by atoms with E-state index in [0.29, 0.717) is 21.3 Å². The van der Waals surface area contributed by atoms with E-state index in [2.05, 4.69) is 4.98 Å². The maximum atomic E-state index is 13.7. The van der Waals surface area contributed by atoms with Crippen LogP contribution in [0.4, 0.5) is 19.0 Å². The molecule has 1 atom stereocenters. The van der Waals surface area contributed by atoms with Crippen molar-refractivity contribution in [3.63, 3.8) is 0 Å². The van der Waals surface area contributed by atoms with Gasteiger partial charge in [-0.3, -0.25) is 9.69 Å². The maximum Gasteiger partial charge on any atom is 0.408 e. The number of pyridine rings is 1. The topological polar surface area (TPSA) is 36.4 Å². The largest absolute Gasteiger partial charge is 0.408 e. The highest BCUT2D eigenvalue weighted by Crippen LogP contribution is 2.44. The van der Waals surface area contributed by atoms with E-state index >= 15 is 0 Å². The van der Waals surface area contributed by atoms with Crippen LogP contribution in [0.15, 0.2) is 41.4 Å². The minimum absolute atomic E-state index is 0.0938. The molecule has 28 heavy (non-hydrogen) atoms. The third kappa shape index (κ3) is 3.73. The molecule has 1 aliphatic heterocycles. The van der Waals surface area contributed by atoms with Gasteiger partial charge in [0.2, 0.25) is 5.91 Å². The molecule has 2 heterocycles. The number of halogens is 4. The highest BCUT2D eigenvalue weighted by atomic mass is 35.5. The third-order valence-electron chi connectivity index (χ3n) is 4.78. The first-order valence-corrected chi connectivity index (χ1v) is 9.59. The van der Waals surface area contributed by atoms with Gasteiger partial charge in [0.05, 0.1) is 5.41 Å². The summed E-state index contributed by atoms with van der Waals surface area (Å²) in [6, 6.07) is 5.54. The van der Waals surface area contributed by atoms with Crippen LogP contribution < -0.4 is 4.90 Å². The number of nitrogens with zero attached hydrogens (tertiary/aromatic N) is 3. The first kappa shape index (κ1) is 21.0. The second-order valence-corrected chi connectivity index (χ2v) is 8.83. The second-order valence-electron chi connectivity index (χ2n) is 7.16. The molecule has 0 fully saturated rings. The van der Waals surface area contributed by atoms with E-state index in [1.807, 2.05) is 0 Å². The van der Waals surface area contributed by atoms with Crippen LogP contribution >= 0.6 is 23.5 Å². The van der Waals surface area contributed by atoms with Crippen LogP contribution in [0.3, 0.4) is 0 Å². The van der Waals surface area contributed by atoms with Crippen LogP contribution in [0, 0.1) is 0 Å². The summed E-state index contributed by atoms with van der Waals surface area (Å²) in [6.45, 7) is 3.56. The maximum absolute atomic E-state index is 13.7. The molecular weight excluding hydrogens is 411 g/mol. The Morgan fingerprint density at radius 2 is 1.86 bits per heavy atom.